The van der Waals surface area contributed by atoms with E-state index in [1.807, 2.05) is 0 Å². The quantitative estimate of drug-likeness (QED) is 0.153. The van der Waals surface area contributed by atoms with Gasteiger partial charge in [0.2, 0.25) is 0 Å². The summed E-state index contributed by atoms with van der Waals surface area (Å²) in [5, 5.41) is 0. The molecule has 0 radical (unpaired) electrons. The zero-order valence-corrected chi connectivity index (χ0v) is 15.7. The highest BCUT2D eigenvalue weighted by molar-refractivity contribution is 14.1. The number of quaternary nitrogens is 1. The molecule has 0 aliphatic rings. The number of nitrogens with zero attached hydrogens (tertiary/aromatic N) is 1. The fraction of sp³-hybridized carbons (Fsp3) is 0.765. The standard InChI is InChI=1S/C17H33IN/c1-8-12-17(18,13-9-2)19(7,14-15(5)6)16(10-3)11-4/h8-9,15-16H,1-2,10-14H2,3-7H3/q+1. The molecule has 0 spiro atoms. The van der Waals surface area contributed by atoms with E-state index in [9.17, 15) is 0 Å². The topological polar surface area (TPSA) is 0 Å². The van der Waals surface area contributed by atoms with Gasteiger partial charge < -0.3 is 4.48 Å². The molecule has 0 aliphatic heterocycles. The summed E-state index contributed by atoms with van der Waals surface area (Å²) in [7, 11) is 2.44. The molecule has 1 atom stereocenters. The maximum absolute atomic E-state index is 3.98. The second kappa shape index (κ2) is 8.46. The third kappa shape index (κ3) is 4.59. The lowest BCUT2D eigenvalue weighted by molar-refractivity contribution is -0.963. The van der Waals surface area contributed by atoms with E-state index >= 15 is 0 Å². The van der Waals surface area contributed by atoms with Crippen molar-refractivity contribution in [1.82, 2.24) is 0 Å². The van der Waals surface area contributed by atoms with E-state index in [1.54, 1.807) is 0 Å². The van der Waals surface area contributed by atoms with Crippen LogP contribution in [0.25, 0.3) is 0 Å². The molecular weight excluding hydrogens is 345 g/mol. The van der Waals surface area contributed by atoms with Crippen LogP contribution in [0.2, 0.25) is 0 Å². The first-order valence-corrected chi connectivity index (χ1v) is 8.65. The summed E-state index contributed by atoms with van der Waals surface area (Å²) in [5.41, 5.74) is 0. The Morgan fingerprint density at radius 1 is 1.11 bits per heavy atom. The number of alkyl halides is 1. The molecule has 0 aliphatic carbocycles. The average Bonchev–Trinajstić information content (AvgIpc) is 2.29. The van der Waals surface area contributed by atoms with Gasteiger partial charge in [0.05, 0.1) is 19.6 Å². The van der Waals surface area contributed by atoms with E-state index in [1.165, 1.54) is 19.4 Å². The molecule has 0 N–H and O–H groups in total. The Bertz CT molecular complexity index is 271. The summed E-state index contributed by atoms with van der Waals surface area (Å²) in [6.07, 6.45) is 8.71. The molecule has 0 saturated carbocycles. The van der Waals surface area contributed by atoms with E-state index in [0.717, 1.165) is 17.3 Å². The van der Waals surface area contributed by atoms with Gasteiger partial charge in [-0.05, 0) is 35.4 Å². The van der Waals surface area contributed by atoms with Crippen LogP contribution in [0, 0.1) is 5.92 Å². The highest BCUT2D eigenvalue weighted by Crippen LogP contribution is 2.42. The molecule has 0 amide bonds. The van der Waals surface area contributed by atoms with Crippen molar-refractivity contribution in [3.8, 4) is 0 Å². The zero-order chi connectivity index (χ0) is 15.1. The highest BCUT2D eigenvalue weighted by Gasteiger charge is 2.48. The van der Waals surface area contributed by atoms with Crippen molar-refractivity contribution in [2.24, 2.45) is 5.92 Å². The monoisotopic (exact) mass is 378 g/mol. The Morgan fingerprint density at radius 3 is 1.79 bits per heavy atom. The summed E-state index contributed by atoms with van der Waals surface area (Å²) in [6.45, 7) is 18.5. The Labute approximate surface area is 134 Å². The van der Waals surface area contributed by atoms with Crippen LogP contribution < -0.4 is 0 Å². The average molecular weight is 378 g/mol. The first-order chi connectivity index (χ1) is 8.81. The normalized spacial score (nSPS) is 15.6. The van der Waals surface area contributed by atoms with E-state index in [0.29, 0.717) is 12.0 Å². The van der Waals surface area contributed by atoms with Gasteiger partial charge >= 0.3 is 0 Å². The number of hydrogen-bond donors (Lipinski definition) is 0. The maximum Gasteiger partial charge on any atom is 0.156 e. The molecule has 1 unspecified atom stereocenters. The lowest BCUT2D eigenvalue weighted by Gasteiger charge is -2.53. The molecule has 0 rings (SSSR count). The first-order valence-electron chi connectivity index (χ1n) is 7.57. The van der Waals surface area contributed by atoms with E-state index in [2.05, 4.69) is 82.6 Å². The molecule has 1 nitrogen and oxygen atoms in total. The van der Waals surface area contributed by atoms with Crippen LogP contribution in [0.5, 0.6) is 0 Å². The second-order valence-electron chi connectivity index (χ2n) is 6.22. The van der Waals surface area contributed by atoms with Gasteiger partial charge in [0.1, 0.15) is 0 Å². The van der Waals surface area contributed by atoms with Crippen molar-refractivity contribution in [1.29, 1.82) is 0 Å². The highest BCUT2D eigenvalue weighted by atomic mass is 127. The van der Waals surface area contributed by atoms with Gasteiger partial charge in [-0.2, -0.15) is 0 Å². The molecule has 0 aromatic heterocycles. The number of rotatable bonds is 10. The van der Waals surface area contributed by atoms with Gasteiger partial charge in [0.25, 0.3) is 0 Å². The molecule has 0 saturated heterocycles. The third-order valence-corrected chi connectivity index (χ3v) is 6.31. The van der Waals surface area contributed by atoms with Gasteiger partial charge in [0.15, 0.2) is 3.55 Å². The van der Waals surface area contributed by atoms with E-state index in [-0.39, 0.29) is 3.55 Å². The van der Waals surface area contributed by atoms with Gasteiger partial charge in [-0.15, -0.1) is 13.2 Å². The van der Waals surface area contributed by atoms with Gasteiger partial charge in [-0.25, -0.2) is 0 Å². The Kier molecular flexibility index (Phi) is 8.53. The van der Waals surface area contributed by atoms with Crippen molar-refractivity contribution < 1.29 is 4.48 Å². The number of hydrogen-bond acceptors (Lipinski definition) is 0. The molecule has 2 heteroatoms. The molecule has 19 heavy (non-hydrogen) atoms. The molecule has 0 aromatic rings. The van der Waals surface area contributed by atoms with Gasteiger partial charge in [-0.3, -0.25) is 0 Å². The van der Waals surface area contributed by atoms with E-state index < -0.39 is 0 Å². The first kappa shape index (κ1) is 19.2. The minimum atomic E-state index is 0.183. The van der Waals surface area contributed by atoms with Crippen molar-refractivity contribution in [3.05, 3.63) is 25.3 Å². The summed E-state index contributed by atoms with van der Waals surface area (Å²) >= 11 is 2.68. The Morgan fingerprint density at radius 2 is 1.53 bits per heavy atom. The molecule has 0 heterocycles. The molecule has 0 bridgehead atoms. The fourth-order valence-corrected chi connectivity index (χ4v) is 4.65. The summed E-state index contributed by atoms with van der Waals surface area (Å²) in [6, 6.07) is 0.708. The van der Waals surface area contributed by atoms with Crippen molar-refractivity contribution in [2.45, 2.75) is 63.0 Å². The lowest BCUT2D eigenvalue weighted by atomic mass is 9.96. The summed E-state index contributed by atoms with van der Waals surface area (Å²) in [4.78, 5) is 0. The zero-order valence-electron chi connectivity index (χ0n) is 13.6. The largest absolute Gasteiger partial charge is 0.310 e. The van der Waals surface area contributed by atoms with Crippen LogP contribution in [-0.4, -0.2) is 27.7 Å². The Balaban J connectivity index is 5.61. The van der Waals surface area contributed by atoms with Crippen molar-refractivity contribution in [3.63, 3.8) is 0 Å². The molecule has 0 fully saturated rings. The predicted octanol–water partition coefficient (Wildman–Crippen LogP) is 5.56. The second-order valence-corrected chi connectivity index (χ2v) is 8.23. The number of halogens is 1. The minimum absolute atomic E-state index is 0.183. The lowest BCUT2D eigenvalue weighted by Crippen LogP contribution is -2.64. The van der Waals surface area contributed by atoms with Crippen LogP contribution in [0.4, 0.5) is 0 Å². The predicted molar refractivity (Wildman–Crippen MR) is 96.6 cm³/mol. The van der Waals surface area contributed by atoms with Crippen molar-refractivity contribution in [2.75, 3.05) is 13.6 Å². The molecular formula is C17H33IN+. The van der Waals surface area contributed by atoms with E-state index in [4.69, 9.17) is 0 Å². The van der Waals surface area contributed by atoms with Gasteiger partial charge in [-0.1, -0.05) is 39.8 Å². The SMILES string of the molecule is C=CCC(I)(CC=C)[N+](C)(CC(C)C)C(CC)CC. The smallest absolute Gasteiger partial charge is 0.156 e. The van der Waals surface area contributed by atoms with Crippen LogP contribution in [0.15, 0.2) is 25.3 Å². The fourth-order valence-electron chi connectivity index (χ4n) is 3.44. The maximum atomic E-state index is 3.98. The summed E-state index contributed by atoms with van der Waals surface area (Å²) in [5.74, 6) is 0.703. The van der Waals surface area contributed by atoms with Crippen LogP contribution in [-0.2, 0) is 0 Å². The van der Waals surface area contributed by atoms with Crippen LogP contribution in [0.3, 0.4) is 0 Å². The Hall–Kier alpha value is 0.170. The molecule has 112 valence electrons. The van der Waals surface area contributed by atoms with Crippen LogP contribution in [0.1, 0.15) is 53.4 Å². The minimum Gasteiger partial charge on any atom is -0.310 e. The van der Waals surface area contributed by atoms with Gasteiger partial charge in [0, 0.05) is 18.8 Å². The molecule has 0 aromatic carbocycles. The van der Waals surface area contributed by atoms with Crippen molar-refractivity contribution >= 4 is 22.6 Å². The summed E-state index contributed by atoms with van der Waals surface area (Å²) < 4.78 is 1.30. The third-order valence-electron chi connectivity index (χ3n) is 4.32. The van der Waals surface area contributed by atoms with Crippen LogP contribution >= 0.6 is 22.6 Å².